The molecule has 142 valence electrons. The number of benzene rings is 3. The molecular weight excluding hydrogens is 376 g/mol. The van der Waals surface area contributed by atoms with Crippen molar-refractivity contribution in [1.29, 1.82) is 0 Å². The summed E-state index contributed by atoms with van der Waals surface area (Å²) >= 11 is 5.98. The molecule has 0 bridgehead atoms. The number of hydrogen-bond acceptors (Lipinski definition) is 3. The molecule has 2 N–H and O–H groups in total. The van der Waals surface area contributed by atoms with Crippen molar-refractivity contribution in [3.8, 4) is 5.75 Å². The Bertz CT molecular complexity index is 973. The number of amides is 2. The third-order valence-corrected chi connectivity index (χ3v) is 4.35. The molecule has 3 aromatic carbocycles. The Morgan fingerprint density at radius 2 is 1.54 bits per heavy atom. The SMILES string of the molecule is COc1ccc(Cl)cc1NC(=O)c1ccc(C(=O)NCc2ccccc2)cc1. The van der Waals surface area contributed by atoms with Crippen LogP contribution in [-0.4, -0.2) is 18.9 Å². The number of hydrogen-bond donors (Lipinski definition) is 2. The molecule has 6 heteroatoms. The zero-order valence-corrected chi connectivity index (χ0v) is 16.0. The maximum Gasteiger partial charge on any atom is 0.255 e. The van der Waals surface area contributed by atoms with Crippen LogP contribution in [0.25, 0.3) is 0 Å². The highest BCUT2D eigenvalue weighted by atomic mass is 35.5. The third-order valence-electron chi connectivity index (χ3n) is 4.11. The van der Waals surface area contributed by atoms with Gasteiger partial charge in [-0.25, -0.2) is 0 Å². The normalized spacial score (nSPS) is 10.2. The van der Waals surface area contributed by atoms with Crippen LogP contribution in [0.1, 0.15) is 26.3 Å². The molecule has 0 spiro atoms. The average molecular weight is 395 g/mol. The minimum absolute atomic E-state index is 0.202. The predicted molar refractivity (Wildman–Crippen MR) is 110 cm³/mol. The summed E-state index contributed by atoms with van der Waals surface area (Å²) in [6.07, 6.45) is 0. The van der Waals surface area contributed by atoms with Crippen molar-refractivity contribution in [2.75, 3.05) is 12.4 Å². The van der Waals surface area contributed by atoms with Crippen LogP contribution >= 0.6 is 11.6 Å². The maximum absolute atomic E-state index is 12.5. The second-order valence-corrected chi connectivity index (χ2v) is 6.48. The van der Waals surface area contributed by atoms with E-state index in [-0.39, 0.29) is 11.8 Å². The van der Waals surface area contributed by atoms with E-state index in [4.69, 9.17) is 16.3 Å². The van der Waals surface area contributed by atoms with E-state index in [1.807, 2.05) is 30.3 Å². The molecule has 0 saturated carbocycles. The smallest absolute Gasteiger partial charge is 0.255 e. The lowest BCUT2D eigenvalue weighted by molar-refractivity contribution is 0.0949. The van der Waals surface area contributed by atoms with Gasteiger partial charge in [0.25, 0.3) is 11.8 Å². The van der Waals surface area contributed by atoms with Gasteiger partial charge in [0.15, 0.2) is 0 Å². The minimum atomic E-state index is -0.322. The lowest BCUT2D eigenvalue weighted by Gasteiger charge is -2.11. The predicted octanol–water partition coefficient (Wildman–Crippen LogP) is 4.53. The number of anilines is 1. The fourth-order valence-corrected chi connectivity index (χ4v) is 2.80. The van der Waals surface area contributed by atoms with Crippen LogP contribution in [0.5, 0.6) is 5.75 Å². The highest BCUT2D eigenvalue weighted by Crippen LogP contribution is 2.28. The van der Waals surface area contributed by atoms with Gasteiger partial charge in [-0.2, -0.15) is 0 Å². The summed E-state index contributed by atoms with van der Waals surface area (Å²) in [6.45, 7) is 0.441. The number of nitrogens with one attached hydrogen (secondary N) is 2. The molecule has 28 heavy (non-hydrogen) atoms. The molecule has 0 aliphatic carbocycles. The molecule has 0 aromatic heterocycles. The second kappa shape index (κ2) is 9.06. The van der Waals surface area contributed by atoms with E-state index in [9.17, 15) is 9.59 Å². The van der Waals surface area contributed by atoms with Crippen LogP contribution in [-0.2, 0) is 6.54 Å². The van der Waals surface area contributed by atoms with Gasteiger partial charge in [-0.1, -0.05) is 41.9 Å². The molecule has 0 aliphatic heterocycles. The van der Waals surface area contributed by atoms with Crippen molar-refractivity contribution in [2.24, 2.45) is 0 Å². The average Bonchev–Trinajstić information content (AvgIpc) is 2.73. The third kappa shape index (κ3) is 4.90. The Morgan fingerprint density at radius 3 is 2.18 bits per heavy atom. The van der Waals surface area contributed by atoms with E-state index in [0.29, 0.717) is 34.1 Å². The summed E-state index contributed by atoms with van der Waals surface area (Å²) in [5, 5.41) is 6.11. The van der Waals surface area contributed by atoms with E-state index in [1.165, 1.54) is 7.11 Å². The van der Waals surface area contributed by atoms with Crippen molar-refractivity contribution < 1.29 is 14.3 Å². The molecular formula is C22H19ClN2O3. The fourth-order valence-electron chi connectivity index (χ4n) is 2.63. The molecule has 0 saturated heterocycles. The zero-order chi connectivity index (χ0) is 19.9. The summed E-state index contributed by atoms with van der Waals surface area (Å²) < 4.78 is 5.22. The van der Waals surface area contributed by atoms with Crippen molar-refractivity contribution in [3.05, 3.63) is 94.5 Å². The minimum Gasteiger partial charge on any atom is -0.495 e. The van der Waals surface area contributed by atoms with Gasteiger partial charge in [-0.05, 0) is 48.0 Å². The largest absolute Gasteiger partial charge is 0.495 e. The van der Waals surface area contributed by atoms with Crippen molar-refractivity contribution >= 4 is 29.1 Å². The molecule has 0 radical (unpaired) electrons. The standard InChI is InChI=1S/C22H19ClN2O3/c1-28-20-12-11-18(23)13-19(20)25-22(27)17-9-7-16(8-10-17)21(26)24-14-15-5-3-2-4-6-15/h2-13H,14H2,1H3,(H,24,26)(H,25,27). The molecule has 0 fully saturated rings. The van der Waals surface area contributed by atoms with Crippen LogP contribution in [0.15, 0.2) is 72.8 Å². The van der Waals surface area contributed by atoms with Gasteiger partial charge >= 0.3 is 0 Å². The Hall–Kier alpha value is -3.31. The van der Waals surface area contributed by atoms with Gasteiger partial charge in [0, 0.05) is 22.7 Å². The molecule has 0 heterocycles. The molecule has 5 nitrogen and oxygen atoms in total. The highest BCUT2D eigenvalue weighted by molar-refractivity contribution is 6.31. The second-order valence-electron chi connectivity index (χ2n) is 6.04. The summed E-state index contributed by atoms with van der Waals surface area (Å²) in [5.74, 6) is -0.0150. The lowest BCUT2D eigenvalue weighted by Crippen LogP contribution is -2.22. The number of carbonyl (C=O) groups excluding carboxylic acids is 2. The monoisotopic (exact) mass is 394 g/mol. The molecule has 0 aliphatic rings. The van der Waals surface area contributed by atoms with Gasteiger partial charge in [0.1, 0.15) is 5.75 Å². The number of rotatable bonds is 6. The number of carbonyl (C=O) groups is 2. The quantitative estimate of drug-likeness (QED) is 0.645. The van der Waals surface area contributed by atoms with Gasteiger partial charge in [-0.3, -0.25) is 9.59 Å². The van der Waals surface area contributed by atoms with E-state index >= 15 is 0 Å². The number of methoxy groups -OCH3 is 1. The summed E-state index contributed by atoms with van der Waals surface area (Å²) in [4.78, 5) is 24.7. The summed E-state index contributed by atoms with van der Waals surface area (Å²) in [5.41, 5.74) is 2.39. The molecule has 0 atom stereocenters. The summed E-state index contributed by atoms with van der Waals surface area (Å²) in [6, 6.07) is 21.1. The Morgan fingerprint density at radius 1 is 0.893 bits per heavy atom. The topological polar surface area (TPSA) is 67.4 Å². The van der Waals surface area contributed by atoms with Crippen molar-refractivity contribution in [2.45, 2.75) is 6.54 Å². The van der Waals surface area contributed by atoms with E-state index in [0.717, 1.165) is 5.56 Å². The fraction of sp³-hybridized carbons (Fsp3) is 0.0909. The summed E-state index contributed by atoms with van der Waals surface area (Å²) in [7, 11) is 1.52. The van der Waals surface area contributed by atoms with Crippen LogP contribution in [0.4, 0.5) is 5.69 Å². The van der Waals surface area contributed by atoms with E-state index < -0.39 is 0 Å². The van der Waals surface area contributed by atoms with Crippen LogP contribution < -0.4 is 15.4 Å². The first-order chi connectivity index (χ1) is 13.6. The molecule has 3 rings (SSSR count). The Labute approximate surface area is 168 Å². The molecule has 2 amide bonds. The zero-order valence-electron chi connectivity index (χ0n) is 15.2. The van der Waals surface area contributed by atoms with Gasteiger partial charge < -0.3 is 15.4 Å². The molecule has 0 unspecified atom stereocenters. The van der Waals surface area contributed by atoms with Crippen molar-refractivity contribution in [3.63, 3.8) is 0 Å². The van der Waals surface area contributed by atoms with Gasteiger partial charge in [0.05, 0.1) is 12.8 Å². The van der Waals surface area contributed by atoms with Crippen LogP contribution in [0, 0.1) is 0 Å². The van der Waals surface area contributed by atoms with Crippen LogP contribution in [0.3, 0.4) is 0 Å². The van der Waals surface area contributed by atoms with Gasteiger partial charge in [-0.15, -0.1) is 0 Å². The first-order valence-corrected chi connectivity index (χ1v) is 9.01. The van der Waals surface area contributed by atoms with E-state index in [2.05, 4.69) is 10.6 Å². The van der Waals surface area contributed by atoms with Gasteiger partial charge in [0.2, 0.25) is 0 Å². The first kappa shape index (κ1) is 19.5. The molecule has 3 aromatic rings. The number of halogens is 1. The van der Waals surface area contributed by atoms with E-state index in [1.54, 1.807) is 42.5 Å². The first-order valence-electron chi connectivity index (χ1n) is 8.64. The van der Waals surface area contributed by atoms with Crippen LogP contribution in [0.2, 0.25) is 5.02 Å². The number of ether oxygens (including phenoxy) is 1. The Balaban J connectivity index is 1.64. The van der Waals surface area contributed by atoms with Crippen molar-refractivity contribution in [1.82, 2.24) is 5.32 Å². The maximum atomic E-state index is 12.5. The highest BCUT2D eigenvalue weighted by Gasteiger charge is 2.12. The lowest BCUT2D eigenvalue weighted by atomic mass is 10.1. The Kier molecular flexibility index (Phi) is 6.29.